The maximum absolute atomic E-state index is 12.5. The predicted octanol–water partition coefficient (Wildman–Crippen LogP) is -2.18. The summed E-state index contributed by atoms with van der Waals surface area (Å²) in [5, 5.41) is 30.3. The highest BCUT2D eigenvalue weighted by molar-refractivity contribution is 7.98. The van der Waals surface area contributed by atoms with Crippen LogP contribution in [0.15, 0.2) is 34.2 Å². The zero-order valence-electron chi connectivity index (χ0n) is 17.2. The van der Waals surface area contributed by atoms with E-state index in [4.69, 9.17) is 15.0 Å². The molecule has 3 aromatic rings. The molecule has 2 fully saturated rings. The third-order valence-electron chi connectivity index (χ3n) is 5.44. The van der Waals surface area contributed by atoms with E-state index < -0.39 is 45.0 Å². The number of nitrogens with zero attached hydrogens (tertiary/aromatic N) is 3. The van der Waals surface area contributed by atoms with Crippen LogP contribution in [-0.2, 0) is 24.1 Å². The molecule has 34 heavy (non-hydrogen) atoms. The van der Waals surface area contributed by atoms with Gasteiger partial charge in [-0.25, -0.2) is 4.98 Å². The first-order valence-electron chi connectivity index (χ1n) is 9.96. The van der Waals surface area contributed by atoms with Gasteiger partial charge in [0.25, 0.3) is 13.4 Å². The van der Waals surface area contributed by atoms with E-state index in [9.17, 15) is 29.4 Å². The molecule has 5 rings (SSSR count). The van der Waals surface area contributed by atoms with Crippen LogP contribution in [-0.4, -0.2) is 66.7 Å². The maximum atomic E-state index is 12.5. The number of imidazole rings is 1. The van der Waals surface area contributed by atoms with E-state index in [1.54, 1.807) is 24.3 Å². The number of aromatic amines is 1. The van der Waals surface area contributed by atoms with Crippen molar-refractivity contribution in [2.24, 2.45) is 0 Å². The van der Waals surface area contributed by atoms with E-state index in [1.807, 2.05) is 0 Å². The average Bonchev–Trinajstić information content (AvgIpc) is 3.29. The lowest BCUT2D eigenvalue weighted by Gasteiger charge is -2.34. The molecule has 2 aliphatic heterocycles. The molecule has 2 aromatic heterocycles. The van der Waals surface area contributed by atoms with E-state index in [2.05, 4.69) is 19.5 Å². The SMILES string of the molecule is Nc1nc2c(nc(SCc3ccccc3B(O)O)n2[C@@H]2OC3COP(=O)([O-])O[C@H]3C2O)c(=O)[nH]1. The second kappa shape index (κ2) is 8.75. The van der Waals surface area contributed by atoms with E-state index in [-0.39, 0.29) is 40.1 Å². The summed E-state index contributed by atoms with van der Waals surface area (Å²) in [4.78, 5) is 35.0. The number of rotatable bonds is 5. The second-order valence-corrected chi connectivity index (χ2v) is 9.92. The molecule has 0 aliphatic carbocycles. The highest BCUT2D eigenvalue weighted by Gasteiger charge is 2.51. The van der Waals surface area contributed by atoms with Gasteiger partial charge in [-0.2, -0.15) is 4.98 Å². The Morgan fingerprint density at radius 1 is 1.35 bits per heavy atom. The zero-order chi connectivity index (χ0) is 24.2. The fraction of sp³-hybridized carbons (Fsp3) is 0.353. The lowest BCUT2D eigenvalue weighted by atomic mass is 9.77. The summed E-state index contributed by atoms with van der Waals surface area (Å²) >= 11 is 1.11. The summed E-state index contributed by atoms with van der Waals surface area (Å²) in [5.74, 6) is 0.00715. The van der Waals surface area contributed by atoms with Gasteiger partial charge in [-0.05, 0) is 11.0 Å². The number of phosphoric acid groups is 1. The smallest absolute Gasteiger partial charge is 0.488 e. The van der Waals surface area contributed by atoms with Gasteiger partial charge in [0.1, 0.15) is 18.3 Å². The van der Waals surface area contributed by atoms with E-state index in [1.165, 1.54) is 4.57 Å². The standard InChI is InChI=1S/C17H19BN5O9PS/c19-16-21-13-10(14(25)22-16)20-17(34-6-7-3-1-2-4-8(7)18(26)27)23(13)15-11(24)12-9(31-15)5-30-33(28,29)32-12/h1-4,9,11-12,15,24,26-27H,5-6H2,(H,28,29)(H3,19,21,22,25)/p-1/t9?,11?,12-,15-/m1/s1. The van der Waals surface area contributed by atoms with Crippen LogP contribution < -0.4 is 21.6 Å². The van der Waals surface area contributed by atoms with Gasteiger partial charge in [-0.15, -0.1) is 0 Å². The number of phosphoric ester groups is 1. The van der Waals surface area contributed by atoms with Crippen molar-refractivity contribution >= 4 is 49.3 Å². The van der Waals surface area contributed by atoms with Crippen molar-refractivity contribution < 1.29 is 38.4 Å². The molecular formula is C17H18BN5O9PS-. The molecule has 2 saturated heterocycles. The van der Waals surface area contributed by atoms with Gasteiger partial charge in [0.2, 0.25) is 5.95 Å². The average molecular weight is 510 g/mol. The Labute approximate surface area is 195 Å². The first-order chi connectivity index (χ1) is 16.1. The Balaban J connectivity index is 1.55. The van der Waals surface area contributed by atoms with Crippen molar-refractivity contribution in [3.63, 3.8) is 0 Å². The molecule has 0 amide bonds. The molecule has 2 aliphatic rings. The van der Waals surface area contributed by atoms with Crippen LogP contribution in [0.25, 0.3) is 11.2 Å². The fourth-order valence-corrected chi connectivity index (χ4v) is 5.90. The van der Waals surface area contributed by atoms with Crippen LogP contribution in [0.5, 0.6) is 0 Å². The lowest BCUT2D eigenvalue weighted by molar-refractivity contribution is -0.245. The molecule has 17 heteroatoms. The van der Waals surface area contributed by atoms with Crippen LogP contribution in [0.4, 0.5) is 5.95 Å². The number of ether oxygens (including phenoxy) is 1. The van der Waals surface area contributed by atoms with Crippen molar-refractivity contribution in [2.45, 2.75) is 35.4 Å². The highest BCUT2D eigenvalue weighted by Crippen LogP contribution is 2.50. The Morgan fingerprint density at radius 2 is 2.12 bits per heavy atom. The minimum atomic E-state index is -4.60. The predicted molar refractivity (Wildman–Crippen MR) is 117 cm³/mol. The largest absolute Gasteiger partial charge is 0.756 e. The number of H-pyrrole nitrogens is 1. The Bertz CT molecular complexity index is 1350. The number of hydrogen-bond acceptors (Lipinski definition) is 13. The van der Waals surface area contributed by atoms with Gasteiger partial charge in [0, 0.05) is 5.75 Å². The maximum Gasteiger partial charge on any atom is 0.488 e. The summed E-state index contributed by atoms with van der Waals surface area (Å²) in [6.45, 7) is -0.355. The molecular weight excluding hydrogens is 492 g/mol. The van der Waals surface area contributed by atoms with Gasteiger partial charge >= 0.3 is 7.12 Å². The minimum absolute atomic E-state index is 0.00755. The van der Waals surface area contributed by atoms with Crippen molar-refractivity contribution in [3.05, 3.63) is 40.2 Å². The van der Waals surface area contributed by atoms with Gasteiger partial charge < -0.3 is 39.6 Å². The van der Waals surface area contributed by atoms with Crippen LogP contribution >= 0.6 is 19.6 Å². The lowest BCUT2D eigenvalue weighted by Crippen LogP contribution is -2.41. The number of fused-ring (bicyclic) bond motifs is 2. The molecule has 1 aromatic carbocycles. The molecule has 4 heterocycles. The van der Waals surface area contributed by atoms with Crippen molar-refractivity contribution in [3.8, 4) is 0 Å². The summed E-state index contributed by atoms with van der Waals surface area (Å²) in [5.41, 5.74) is 5.90. The van der Waals surface area contributed by atoms with Gasteiger partial charge in [-0.3, -0.25) is 18.9 Å². The first kappa shape index (κ1) is 23.5. The molecule has 6 N–H and O–H groups in total. The first-order valence-corrected chi connectivity index (χ1v) is 12.4. The molecule has 3 unspecified atom stereocenters. The van der Waals surface area contributed by atoms with Gasteiger partial charge in [-0.1, -0.05) is 36.0 Å². The topological polar surface area (TPSA) is 218 Å². The van der Waals surface area contributed by atoms with Gasteiger partial charge in [0.15, 0.2) is 22.5 Å². The third-order valence-corrected chi connectivity index (χ3v) is 7.41. The summed E-state index contributed by atoms with van der Waals surface area (Å²) in [6, 6.07) is 6.64. The molecule has 14 nitrogen and oxygen atoms in total. The summed E-state index contributed by atoms with van der Waals surface area (Å²) in [7, 11) is -6.29. The molecule has 0 saturated carbocycles. The number of aliphatic hydroxyl groups excluding tert-OH is 1. The number of nitrogens with one attached hydrogen (secondary N) is 1. The summed E-state index contributed by atoms with van der Waals surface area (Å²) in [6.07, 6.45) is -4.84. The van der Waals surface area contributed by atoms with Crippen molar-refractivity contribution in [1.82, 2.24) is 19.5 Å². The molecule has 5 atom stereocenters. The number of nitrogen functional groups attached to an aromatic ring is 1. The van der Waals surface area contributed by atoms with E-state index in [0.717, 1.165) is 11.8 Å². The molecule has 180 valence electrons. The Morgan fingerprint density at radius 3 is 2.88 bits per heavy atom. The third kappa shape index (κ3) is 4.17. The number of hydrogen-bond donors (Lipinski definition) is 5. The van der Waals surface area contributed by atoms with Crippen molar-refractivity contribution in [1.29, 1.82) is 0 Å². The Hall–Kier alpha value is -2.27. The molecule has 0 bridgehead atoms. The van der Waals surface area contributed by atoms with Crippen LogP contribution in [0.3, 0.4) is 0 Å². The van der Waals surface area contributed by atoms with Crippen LogP contribution in [0, 0.1) is 0 Å². The second-order valence-electron chi connectivity index (χ2n) is 7.62. The number of anilines is 1. The summed E-state index contributed by atoms with van der Waals surface area (Å²) < 4.78 is 28.5. The molecule has 0 radical (unpaired) electrons. The monoisotopic (exact) mass is 510 g/mol. The highest BCUT2D eigenvalue weighted by atomic mass is 32.2. The quantitative estimate of drug-likeness (QED) is 0.140. The van der Waals surface area contributed by atoms with E-state index in [0.29, 0.717) is 5.56 Å². The minimum Gasteiger partial charge on any atom is -0.756 e. The van der Waals surface area contributed by atoms with Gasteiger partial charge in [0.05, 0.1) is 6.61 Å². The number of benzene rings is 1. The van der Waals surface area contributed by atoms with Crippen LogP contribution in [0.2, 0.25) is 0 Å². The fourth-order valence-electron chi connectivity index (χ4n) is 3.91. The van der Waals surface area contributed by atoms with Crippen molar-refractivity contribution in [2.75, 3.05) is 12.3 Å². The number of nitrogens with two attached hydrogens (primary N) is 1. The normalized spacial score (nSPS) is 28.8. The number of aliphatic hydroxyl groups is 1. The number of aromatic nitrogens is 4. The van der Waals surface area contributed by atoms with Crippen LogP contribution in [0.1, 0.15) is 11.8 Å². The zero-order valence-corrected chi connectivity index (χ0v) is 18.9. The Kier molecular flexibility index (Phi) is 6.04. The van der Waals surface area contributed by atoms with E-state index >= 15 is 0 Å². The molecule has 0 spiro atoms. The number of thioether (sulfide) groups is 1.